The number of ketones is 1. The highest BCUT2D eigenvalue weighted by atomic mass is 16.1. The highest BCUT2D eigenvalue weighted by Gasteiger charge is 2.21. The average molecular weight is 269 g/mol. The molecule has 1 aromatic carbocycles. The third-order valence-corrected chi connectivity index (χ3v) is 3.67. The number of carbonyl (C=O) groups is 1. The van der Waals surface area contributed by atoms with E-state index in [2.05, 4.69) is 19.6 Å². The van der Waals surface area contributed by atoms with Crippen molar-refractivity contribution in [1.29, 1.82) is 5.26 Å². The Kier molecular flexibility index (Phi) is 6.73. The van der Waals surface area contributed by atoms with E-state index in [0.29, 0.717) is 12.3 Å². The van der Waals surface area contributed by atoms with Crippen molar-refractivity contribution >= 4 is 5.78 Å². The van der Waals surface area contributed by atoms with E-state index >= 15 is 0 Å². The molecule has 0 heterocycles. The molecule has 0 fully saturated rings. The molecule has 1 aromatic rings. The molecule has 0 aromatic heterocycles. The number of hydrogen-bond donors (Lipinski definition) is 0. The fourth-order valence-corrected chi connectivity index (χ4v) is 2.31. The van der Waals surface area contributed by atoms with E-state index in [1.807, 2.05) is 37.3 Å². The summed E-state index contributed by atoms with van der Waals surface area (Å²) in [7, 11) is 0. The van der Waals surface area contributed by atoms with Crippen LogP contribution in [0.15, 0.2) is 42.5 Å². The number of rotatable bonds is 8. The molecule has 0 saturated heterocycles. The second-order valence-corrected chi connectivity index (χ2v) is 5.51. The number of nitrogens with zero attached hydrogens (tertiary/aromatic N) is 1. The lowest BCUT2D eigenvalue weighted by atomic mass is 9.85. The highest BCUT2D eigenvalue weighted by Crippen LogP contribution is 2.24. The minimum absolute atomic E-state index is 0.109. The summed E-state index contributed by atoms with van der Waals surface area (Å²) in [5.74, 6) is 0.521. The molecule has 0 aliphatic rings. The van der Waals surface area contributed by atoms with Crippen molar-refractivity contribution in [2.45, 2.75) is 39.5 Å². The predicted molar refractivity (Wildman–Crippen MR) is 82.3 cm³/mol. The molecule has 2 atom stereocenters. The van der Waals surface area contributed by atoms with Crippen LogP contribution in [0, 0.1) is 23.2 Å². The number of benzene rings is 1. The summed E-state index contributed by atoms with van der Waals surface area (Å²) in [5.41, 5.74) is 1.68. The van der Waals surface area contributed by atoms with Gasteiger partial charge in [0.05, 0.1) is 6.07 Å². The number of allylic oxidation sites excluding steroid dienone is 1. The van der Waals surface area contributed by atoms with Crippen LogP contribution in [0.5, 0.6) is 0 Å². The Morgan fingerprint density at radius 1 is 1.25 bits per heavy atom. The van der Waals surface area contributed by atoms with Crippen molar-refractivity contribution in [3.05, 3.63) is 48.0 Å². The summed E-state index contributed by atoms with van der Waals surface area (Å²) in [4.78, 5) is 12.5. The summed E-state index contributed by atoms with van der Waals surface area (Å²) in [6.45, 7) is 8.03. The molecule has 1 rings (SSSR count). The van der Waals surface area contributed by atoms with Crippen LogP contribution in [-0.4, -0.2) is 5.78 Å². The van der Waals surface area contributed by atoms with Gasteiger partial charge in [-0.1, -0.05) is 49.4 Å². The van der Waals surface area contributed by atoms with Crippen molar-refractivity contribution in [1.82, 2.24) is 0 Å². The molecule has 0 spiro atoms. The Hall–Kier alpha value is -1.88. The SMILES string of the molecule is C=C(C)C(CCC(C)CCC#N)C(=O)c1ccccc1. The molecule has 2 unspecified atom stereocenters. The fourth-order valence-electron chi connectivity index (χ4n) is 2.31. The third-order valence-electron chi connectivity index (χ3n) is 3.67. The molecule has 0 aliphatic carbocycles. The standard InChI is InChI=1S/C18H23NO/c1-14(2)17(12-11-15(3)8-7-13-19)18(20)16-9-5-4-6-10-16/h4-6,9-10,15,17H,1,7-8,11-12H2,2-3H3. The molecule has 2 heteroatoms. The van der Waals surface area contributed by atoms with E-state index in [4.69, 9.17) is 5.26 Å². The van der Waals surface area contributed by atoms with E-state index in [-0.39, 0.29) is 11.7 Å². The van der Waals surface area contributed by atoms with Crippen LogP contribution >= 0.6 is 0 Å². The first-order chi connectivity index (χ1) is 9.56. The van der Waals surface area contributed by atoms with Crippen molar-refractivity contribution in [2.24, 2.45) is 11.8 Å². The van der Waals surface area contributed by atoms with E-state index in [1.165, 1.54) is 0 Å². The summed E-state index contributed by atoms with van der Waals surface area (Å²) in [6, 6.07) is 11.6. The lowest BCUT2D eigenvalue weighted by Gasteiger charge is -2.18. The van der Waals surface area contributed by atoms with Crippen LogP contribution < -0.4 is 0 Å². The van der Waals surface area contributed by atoms with Crippen molar-refractivity contribution < 1.29 is 4.79 Å². The van der Waals surface area contributed by atoms with Gasteiger partial charge in [0, 0.05) is 17.9 Å². The number of hydrogen-bond acceptors (Lipinski definition) is 2. The predicted octanol–water partition coefficient (Wildman–Crippen LogP) is 4.78. The number of nitriles is 1. The summed E-state index contributed by atoms with van der Waals surface area (Å²) < 4.78 is 0. The van der Waals surface area contributed by atoms with Crippen LogP contribution in [0.4, 0.5) is 0 Å². The van der Waals surface area contributed by atoms with Crippen LogP contribution in [0.1, 0.15) is 49.9 Å². The summed E-state index contributed by atoms with van der Waals surface area (Å²) in [5, 5.41) is 8.60. The monoisotopic (exact) mass is 269 g/mol. The van der Waals surface area contributed by atoms with Gasteiger partial charge in [-0.15, -0.1) is 0 Å². The molecule has 0 aliphatic heterocycles. The molecule has 0 radical (unpaired) electrons. The largest absolute Gasteiger partial charge is 0.294 e. The first kappa shape index (κ1) is 16.2. The topological polar surface area (TPSA) is 40.9 Å². The van der Waals surface area contributed by atoms with Crippen LogP contribution in [0.2, 0.25) is 0 Å². The second kappa shape index (κ2) is 8.32. The van der Waals surface area contributed by atoms with E-state index in [9.17, 15) is 4.79 Å². The molecule has 0 amide bonds. The molecule has 106 valence electrons. The Balaban J connectivity index is 2.64. The Morgan fingerprint density at radius 3 is 2.45 bits per heavy atom. The highest BCUT2D eigenvalue weighted by molar-refractivity contribution is 5.99. The van der Waals surface area contributed by atoms with Crippen molar-refractivity contribution in [3.63, 3.8) is 0 Å². The van der Waals surface area contributed by atoms with E-state index < -0.39 is 0 Å². The van der Waals surface area contributed by atoms with E-state index in [1.54, 1.807) is 0 Å². The molecule has 0 saturated carbocycles. The van der Waals surface area contributed by atoms with Crippen LogP contribution in [-0.2, 0) is 0 Å². The zero-order valence-corrected chi connectivity index (χ0v) is 12.4. The maximum atomic E-state index is 12.5. The number of Topliss-reactive ketones (excluding diaryl/α,β-unsaturated/α-hetero) is 1. The van der Waals surface area contributed by atoms with Gasteiger partial charge in [-0.25, -0.2) is 0 Å². The molecule has 0 N–H and O–H groups in total. The minimum Gasteiger partial charge on any atom is -0.294 e. The second-order valence-electron chi connectivity index (χ2n) is 5.51. The van der Waals surface area contributed by atoms with Gasteiger partial charge in [-0.05, 0) is 32.1 Å². The lowest BCUT2D eigenvalue weighted by molar-refractivity contribution is 0.0930. The Bertz CT molecular complexity index is 484. The number of carbonyl (C=O) groups excluding carboxylic acids is 1. The maximum absolute atomic E-state index is 12.5. The average Bonchev–Trinajstić information content (AvgIpc) is 2.45. The first-order valence-corrected chi connectivity index (χ1v) is 7.17. The first-order valence-electron chi connectivity index (χ1n) is 7.17. The quantitative estimate of drug-likeness (QED) is 0.503. The zero-order chi connectivity index (χ0) is 15.0. The minimum atomic E-state index is -0.109. The van der Waals surface area contributed by atoms with Gasteiger partial charge in [0.2, 0.25) is 0 Å². The zero-order valence-electron chi connectivity index (χ0n) is 12.4. The Labute approximate surface area is 122 Å². The van der Waals surface area contributed by atoms with Gasteiger partial charge in [-0.3, -0.25) is 4.79 Å². The van der Waals surface area contributed by atoms with Gasteiger partial charge in [-0.2, -0.15) is 5.26 Å². The summed E-state index contributed by atoms with van der Waals surface area (Å²) in [6.07, 6.45) is 3.26. The van der Waals surface area contributed by atoms with Crippen molar-refractivity contribution in [2.75, 3.05) is 0 Å². The summed E-state index contributed by atoms with van der Waals surface area (Å²) >= 11 is 0. The van der Waals surface area contributed by atoms with Crippen LogP contribution in [0.3, 0.4) is 0 Å². The smallest absolute Gasteiger partial charge is 0.169 e. The van der Waals surface area contributed by atoms with Gasteiger partial charge in [0.1, 0.15) is 0 Å². The van der Waals surface area contributed by atoms with Gasteiger partial charge in [0.25, 0.3) is 0 Å². The maximum Gasteiger partial charge on any atom is 0.169 e. The normalized spacial score (nSPS) is 13.2. The van der Waals surface area contributed by atoms with Gasteiger partial charge in [0.15, 0.2) is 5.78 Å². The molecular formula is C18H23NO. The van der Waals surface area contributed by atoms with Crippen LogP contribution in [0.25, 0.3) is 0 Å². The van der Waals surface area contributed by atoms with E-state index in [0.717, 1.165) is 30.4 Å². The molecule has 20 heavy (non-hydrogen) atoms. The molecular weight excluding hydrogens is 246 g/mol. The molecule has 2 nitrogen and oxygen atoms in total. The third kappa shape index (κ3) is 5.01. The lowest BCUT2D eigenvalue weighted by Crippen LogP contribution is -2.17. The Morgan fingerprint density at radius 2 is 1.90 bits per heavy atom. The molecule has 0 bridgehead atoms. The van der Waals surface area contributed by atoms with Crippen molar-refractivity contribution in [3.8, 4) is 6.07 Å². The van der Waals surface area contributed by atoms with Gasteiger partial charge >= 0.3 is 0 Å². The fraction of sp³-hybridized carbons (Fsp3) is 0.444. The van der Waals surface area contributed by atoms with Gasteiger partial charge < -0.3 is 0 Å².